The number of nitrogens with one attached hydrogen (secondary N) is 1. The molecule has 22 heavy (non-hydrogen) atoms. The molecule has 0 saturated heterocycles. The first kappa shape index (κ1) is 14.6. The fourth-order valence-electron chi connectivity index (χ4n) is 2.32. The van der Waals surface area contributed by atoms with Gasteiger partial charge in [-0.2, -0.15) is 5.10 Å². The van der Waals surface area contributed by atoms with Gasteiger partial charge in [-0.15, -0.1) is 0 Å². The molecule has 1 unspecified atom stereocenters. The Kier molecular flexibility index (Phi) is 3.40. The quantitative estimate of drug-likeness (QED) is 0.907. The zero-order valence-corrected chi connectivity index (χ0v) is 12.9. The zero-order valence-electron chi connectivity index (χ0n) is 12.1. The van der Waals surface area contributed by atoms with Crippen molar-refractivity contribution in [2.75, 3.05) is 4.72 Å². The second-order valence-corrected chi connectivity index (χ2v) is 6.87. The fourth-order valence-corrected chi connectivity index (χ4v) is 3.37. The number of benzene rings is 1. The van der Waals surface area contributed by atoms with Crippen molar-refractivity contribution in [3.8, 4) is 5.75 Å². The number of anilines is 1. The molecule has 2 heterocycles. The van der Waals surface area contributed by atoms with E-state index in [2.05, 4.69) is 9.82 Å². The molecule has 0 saturated carbocycles. The Morgan fingerprint density at radius 3 is 2.82 bits per heavy atom. The number of fused-ring (bicyclic) bond motifs is 1. The van der Waals surface area contributed by atoms with Gasteiger partial charge in [0.15, 0.2) is 5.82 Å². The molecule has 0 amide bonds. The third-order valence-corrected chi connectivity index (χ3v) is 4.73. The van der Waals surface area contributed by atoms with E-state index in [4.69, 9.17) is 4.74 Å². The van der Waals surface area contributed by atoms with Crippen LogP contribution in [0.4, 0.5) is 5.82 Å². The van der Waals surface area contributed by atoms with E-state index < -0.39 is 10.0 Å². The molecule has 1 aliphatic heterocycles. The van der Waals surface area contributed by atoms with Crippen LogP contribution < -0.4 is 15.0 Å². The largest absolute Gasteiger partial charge is 0.490 e. The summed E-state index contributed by atoms with van der Waals surface area (Å²) >= 11 is 0. The molecule has 1 N–H and O–H groups in total. The van der Waals surface area contributed by atoms with Crippen molar-refractivity contribution in [1.29, 1.82) is 0 Å². The van der Waals surface area contributed by atoms with E-state index in [1.165, 1.54) is 25.2 Å². The summed E-state index contributed by atoms with van der Waals surface area (Å²) in [6, 6.07) is 7.33. The first-order valence-corrected chi connectivity index (χ1v) is 8.20. The Morgan fingerprint density at radius 1 is 1.32 bits per heavy atom. The number of aromatic nitrogens is 2. The highest BCUT2D eigenvalue weighted by atomic mass is 32.2. The number of sulfonamides is 1. The van der Waals surface area contributed by atoms with E-state index >= 15 is 0 Å². The Hall–Kier alpha value is -2.35. The van der Waals surface area contributed by atoms with E-state index in [-0.39, 0.29) is 22.4 Å². The first-order chi connectivity index (χ1) is 10.3. The highest BCUT2D eigenvalue weighted by molar-refractivity contribution is 7.92. The molecule has 1 aromatic carbocycles. The maximum Gasteiger partial charge on any atom is 0.266 e. The fraction of sp³-hybridized carbons (Fsp3) is 0.286. The van der Waals surface area contributed by atoms with Crippen LogP contribution >= 0.6 is 0 Å². The summed E-state index contributed by atoms with van der Waals surface area (Å²) in [6.45, 7) is 1.93. The van der Waals surface area contributed by atoms with Gasteiger partial charge in [-0.3, -0.25) is 9.52 Å². The summed E-state index contributed by atoms with van der Waals surface area (Å²) < 4.78 is 33.8. The second-order valence-electron chi connectivity index (χ2n) is 5.19. The van der Waals surface area contributed by atoms with E-state index in [0.29, 0.717) is 12.2 Å². The van der Waals surface area contributed by atoms with Crippen LogP contribution in [0.15, 0.2) is 40.0 Å². The van der Waals surface area contributed by atoms with Crippen molar-refractivity contribution in [2.24, 2.45) is 7.05 Å². The summed E-state index contributed by atoms with van der Waals surface area (Å²) in [4.78, 5) is 11.4. The van der Waals surface area contributed by atoms with E-state index in [1.807, 2.05) is 6.92 Å². The number of aryl methyl sites for hydroxylation is 1. The second kappa shape index (κ2) is 5.13. The van der Waals surface area contributed by atoms with Crippen LogP contribution in [0.5, 0.6) is 5.75 Å². The molecule has 3 rings (SSSR count). The lowest BCUT2D eigenvalue weighted by atomic mass is 10.1. The van der Waals surface area contributed by atoms with Gasteiger partial charge < -0.3 is 4.74 Å². The molecule has 1 atom stereocenters. The Bertz CT molecular complexity index is 889. The molecule has 8 heteroatoms. The smallest absolute Gasteiger partial charge is 0.266 e. The minimum Gasteiger partial charge on any atom is -0.490 e. The predicted octanol–water partition coefficient (Wildman–Crippen LogP) is 0.904. The van der Waals surface area contributed by atoms with Gasteiger partial charge in [-0.05, 0) is 36.8 Å². The van der Waals surface area contributed by atoms with Crippen LogP contribution in [0, 0.1) is 0 Å². The van der Waals surface area contributed by atoms with Crippen LogP contribution in [0.2, 0.25) is 0 Å². The number of rotatable bonds is 3. The van der Waals surface area contributed by atoms with Crippen molar-refractivity contribution in [2.45, 2.75) is 24.3 Å². The van der Waals surface area contributed by atoms with Gasteiger partial charge in [-0.25, -0.2) is 13.1 Å². The van der Waals surface area contributed by atoms with Crippen molar-refractivity contribution in [3.63, 3.8) is 0 Å². The van der Waals surface area contributed by atoms with Gasteiger partial charge in [-0.1, -0.05) is 0 Å². The van der Waals surface area contributed by atoms with Crippen molar-refractivity contribution in [3.05, 3.63) is 46.2 Å². The molecule has 0 bridgehead atoms. The van der Waals surface area contributed by atoms with Crippen molar-refractivity contribution >= 4 is 15.8 Å². The van der Waals surface area contributed by atoms with Crippen molar-refractivity contribution in [1.82, 2.24) is 9.78 Å². The molecular formula is C14H15N3O4S. The molecule has 1 aromatic heterocycles. The minimum absolute atomic E-state index is 0.0474. The zero-order chi connectivity index (χ0) is 15.9. The molecule has 116 valence electrons. The van der Waals surface area contributed by atoms with Crippen LogP contribution in [-0.2, 0) is 23.5 Å². The van der Waals surface area contributed by atoms with Gasteiger partial charge in [0.05, 0.1) is 4.90 Å². The Balaban J connectivity index is 1.92. The van der Waals surface area contributed by atoms with Crippen LogP contribution in [-0.4, -0.2) is 24.3 Å². The molecule has 1 aliphatic rings. The topological polar surface area (TPSA) is 90.3 Å². The summed E-state index contributed by atoms with van der Waals surface area (Å²) in [5.41, 5.74) is 0.551. The van der Waals surface area contributed by atoms with Crippen LogP contribution in [0.3, 0.4) is 0 Å². The molecule has 0 spiro atoms. The Labute approximate surface area is 127 Å². The summed E-state index contributed by atoms with van der Waals surface area (Å²) in [7, 11) is -2.31. The SMILES string of the molecule is CC1Cc2cc(S(=O)(=O)Nc3ccc(=O)n(C)n3)ccc2O1. The predicted molar refractivity (Wildman–Crippen MR) is 80.5 cm³/mol. The molecular weight excluding hydrogens is 306 g/mol. The summed E-state index contributed by atoms with van der Waals surface area (Å²) in [6.07, 6.45) is 0.725. The van der Waals surface area contributed by atoms with E-state index in [1.54, 1.807) is 12.1 Å². The van der Waals surface area contributed by atoms with Gasteiger partial charge >= 0.3 is 0 Å². The number of hydrogen-bond donors (Lipinski definition) is 1. The monoisotopic (exact) mass is 321 g/mol. The molecule has 0 radical (unpaired) electrons. The highest BCUT2D eigenvalue weighted by Gasteiger charge is 2.23. The number of nitrogens with zero attached hydrogens (tertiary/aromatic N) is 2. The molecule has 2 aromatic rings. The Morgan fingerprint density at radius 2 is 2.09 bits per heavy atom. The third-order valence-electron chi connectivity index (χ3n) is 3.38. The normalized spacial score (nSPS) is 16.9. The summed E-state index contributed by atoms with van der Waals surface area (Å²) in [5, 5.41) is 3.86. The molecule has 0 fully saturated rings. The molecule has 0 aliphatic carbocycles. The third kappa shape index (κ3) is 2.69. The highest BCUT2D eigenvalue weighted by Crippen LogP contribution is 2.31. The van der Waals surface area contributed by atoms with E-state index in [9.17, 15) is 13.2 Å². The molecule has 7 nitrogen and oxygen atoms in total. The van der Waals surface area contributed by atoms with Gasteiger partial charge in [0.1, 0.15) is 11.9 Å². The van der Waals surface area contributed by atoms with Gasteiger partial charge in [0.25, 0.3) is 15.6 Å². The first-order valence-electron chi connectivity index (χ1n) is 6.72. The number of ether oxygens (including phenoxy) is 1. The van der Waals surface area contributed by atoms with Gasteiger partial charge in [0.2, 0.25) is 0 Å². The summed E-state index contributed by atoms with van der Waals surface area (Å²) in [5.74, 6) is 0.805. The lowest BCUT2D eigenvalue weighted by Crippen LogP contribution is -2.21. The number of hydrogen-bond acceptors (Lipinski definition) is 5. The van der Waals surface area contributed by atoms with E-state index in [0.717, 1.165) is 10.2 Å². The minimum atomic E-state index is -3.77. The lowest BCUT2D eigenvalue weighted by Gasteiger charge is -2.09. The maximum absolute atomic E-state index is 12.4. The standard InChI is InChI=1S/C14H15N3O4S/c1-9-7-10-8-11(3-4-12(10)21-9)22(19,20)16-13-5-6-14(18)17(2)15-13/h3-6,8-9H,7H2,1-2H3,(H,15,16). The van der Waals surface area contributed by atoms with Crippen LogP contribution in [0.1, 0.15) is 12.5 Å². The van der Waals surface area contributed by atoms with Gasteiger partial charge in [0, 0.05) is 19.5 Å². The average molecular weight is 321 g/mol. The average Bonchev–Trinajstić information content (AvgIpc) is 2.81. The van der Waals surface area contributed by atoms with Crippen molar-refractivity contribution < 1.29 is 13.2 Å². The van der Waals surface area contributed by atoms with Crippen LogP contribution in [0.25, 0.3) is 0 Å². The maximum atomic E-state index is 12.4. The lowest BCUT2D eigenvalue weighted by molar-refractivity contribution is 0.254.